The van der Waals surface area contributed by atoms with Crippen molar-refractivity contribution < 1.29 is 22.1 Å². The van der Waals surface area contributed by atoms with Crippen molar-refractivity contribution in [2.24, 2.45) is 5.10 Å². The van der Waals surface area contributed by atoms with Gasteiger partial charge in [-0.05, 0) is 66.9 Å². The van der Waals surface area contributed by atoms with E-state index in [4.69, 9.17) is 20.5 Å². The molecule has 0 fully saturated rings. The Bertz CT molecular complexity index is 1290. The van der Waals surface area contributed by atoms with Gasteiger partial charge in [-0.3, -0.25) is 4.79 Å². The number of nitrogens with one attached hydrogen (secondary N) is 1. The maximum atomic E-state index is 12.8. The second kappa shape index (κ2) is 9.84. The van der Waals surface area contributed by atoms with E-state index in [-0.39, 0.29) is 16.4 Å². The largest absolute Gasteiger partial charge is 0.493 e. The van der Waals surface area contributed by atoms with Crippen LogP contribution in [0.5, 0.6) is 11.5 Å². The van der Waals surface area contributed by atoms with Crippen molar-refractivity contribution in [3.8, 4) is 11.5 Å². The third-order valence-electron chi connectivity index (χ3n) is 4.50. The molecule has 0 saturated heterocycles. The molecule has 0 aliphatic carbocycles. The highest BCUT2D eigenvalue weighted by atomic mass is 35.5. The van der Waals surface area contributed by atoms with Crippen LogP contribution in [0.2, 0.25) is 5.02 Å². The predicted molar refractivity (Wildman–Crippen MR) is 123 cm³/mol. The zero-order valence-corrected chi connectivity index (χ0v) is 19.2. The van der Waals surface area contributed by atoms with E-state index in [0.717, 1.165) is 5.56 Å². The van der Waals surface area contributed by atoms with E-state index in [1.165, 1.54) is 19.4 Å². The number of hydrogen-bond acceptors (Lipinski definition) is 6. The molecule has 0 atom stereocenters. The maximum absolute atomic E-state index is 12.8. The zero-order chi connectivity index (χ0) is 23.3. The Hall–Kier alpha value is -3.36. The number of halogens is 1. The molecule has 3 aromatic rings. The van der Waals surface area contributed by atoms with Gasteiger partial charge < -0.3 is 8.92 Å². The van der Waals surface area contributed by atoms with E-state index >= 15 is 0 Å². The fourth-order valence-corrected chi connectivity index (χ4v) is 4.32. The normalized spacial score (nSPS) is 11.4. The highest BCUT2D eigenvalue weighted by Crippen LogP contribution is 2.31. The number of aryl methyl sites for hydroxylation is 2. The summed E-state index contributed by atoms with van der Waals surface area (Å²) >= 11 is 6.00. The summed E-state index contributed by atoms with van der Waals surface area (Å²) in [6.45, 7) is 3.50. The number of benzene rings is 3. The molecule has 0 radical (unpaired) electrons. The summed E-state index contributed by atoms with van der Waals surface area (Å²) in [6.07, 6.45) is 1.39. The lowest BCUT2D eigenvalue weighted by molar-refractivity contribution is 0.0955. The molecule has 1 amide bonds. The molecule has 166 valence electrons. The van der Waals surface area contributed by atoms with Crippen LogP contribution in [0.25, 0.3) is 0 Å². The summed E-state index contributed by atoms with van der Waals surface area (Å²) in [6, 6.07) is 16.3. The van der Waals surface area contributed by atoms with Crippen LogP contribution in [-0.2, 0) is 10.1 Å². The van der Waals surface area contributed by atoms with Gasteiger partial charge in [0, 0.05) is 0 Å². The van der Waals surface area contributed by atoms with Crippen LogP contribution in [0.1, 0.15) is 27.0 Å². The zero-order valence-electron chi connectivity index (χ0n) is 17.6. The molecule has 9 heteroatoms. The average molecular weight is 473 g/mol. The van der Waals surface area contributed by atoms with Gasteiger partial charge in [0.15, 0.2) is 11.5 Å². The third-order valence-corrected chi connectivity index (χ3v) is 6.21. The first-order valence-corrected chi connectivity index (χ1v) is 11.3. The van der Waals surface area contributed by atoms with Gasteiger partial charge in [-0.1, -0.05) is 35.9 Å². The Balaban J connectivity index is 1.77. The third kappa shape index (κ3) is 5.46. The second-order valence-corrected chi connectivity index (χ2v) is 8.82. The molecule has 0 aliphatic heterocycles. The fourth-order valence-electron chi connectivity index (χ4n) is 2.84. The average Bonchev–Trinajstić information content (AvgIpc) is 2.76. The summed E-state index contributed by atoms with van der Waals surface area (Å²) in [5.41, 5.74) is 4.62. The molecule has 1 N–H and O–H groups in total. The standard InChI is InChI=1S/C23H21ClN2O5S/c1-15-8-9-16(2)22(12-15)32(28,29)31-20-11-10-17(13-21(20)30-3)14-25-26-23(27)18-6-4-5-7-19(18)24/h4-14H,1-3H3,(H,26,27)/b25-14+. The molecule has 3 rings (SSSR count). The molecule has 0 saturated carbocycles. The number of rotatable bonds is 7. The van der Waals surface area contributed by atoms with E-state index in [0.29, 0.717) is 21.7 Å². The number of amides is 1. The first-order valence-electron chi connectivity index (χ1n) is 9.49. The number of carbonyl (C=O) groups is 1. The molecule has 0 unspecified atom stereocenters. The maximum Gasteiger partial charge on any atom is 0.339 e. The topological polar surface area (TPSA) is 94.1 Å². The lowest BCUT2D eigenvalue weighted by Crippen LogP contribution is -2.18. The van der Waals surface area contributed by atoms with Crippen LogP contribution >= 0.6 is 11.6 Å². The van der Waals surface area contributed by atoms with Gasteiger partial charge in [-0.2, -0.15) is 13.5 Å². The first kappa shape index (κ1) is 23.3. The van der Waals surface area contributed by atoms with Gasteiger partial charge in [-0.25, -0.2) is 5.43 Å². The SMILES string of the molecule is COc1cc(/C=N/NC(=O)c2ccccc2Cl)ccc1OS(=O)(=O)c1cc(C)ccc1C. The lowest BCUT2D eigenvalue weighted by atomic mass is 10.2. The van der Waals surface area contributed by atoms with Crippen molar-refractivity contribution in [3.05, 3.63) is 87.9 Å². The van der Waals surface area contributed by atoms with Crippen LogP contribution in [0.15, 0.2) is 70.7 Å². The molecule has 0 aromatic heterocycles. The predicted octanol–water partition coefficient (Wildman–Crippen LogP) is 4.50. The number of ether oxygens (including phenoxy) is 1. The molecule has 0 spiro atoms. The van der Waals surface area contributed by atoms with E-state index in [1.807, 2.05) is 6.07 Å². The second-order valence-electron chi connectivity index (χ2n) is 6.90. The van der Waals surface area contributed by atoms with Crippen molar-refractivity contribution in [2.75, 3.05) is 7.11 Å². The Kier molecular flexibility index (Phi) is 7.17. The highest BCUT2D eigenvalue weighted by molar-refractivity contribution is 7.87. The molecule has 32 heavy (non-hydrogen) atoms. The van der Waals surface area contributed by atoms with Gasteiger partial charge in [0.1, 0.15) is 4.90 Å². The van der Waals surface area contributed by atoms with Crippen molar-refractivity contribution >= 4 is 33.8 Å². The Morgan fingerprint density at radius 3 is 2.50 bits per heavy atom. The minimum Gasteiger partial charge on any atom is -0.493 e. The quantitative estimate of drug-likeness (QED) is 0.310. The summed E-state index contributed by atoms with van der Waals surface area (Å²) < 4.78 is 36.2. The fraction of sp³-hybridized carbons (Fsp3) is 0.130. The summed E-state index contributed by atoms with van der Waals surface area (Å²) in [7, 11) is -2.66. The Morgan fingerprint density at radius 1 is 1.03 bits per heavy atom. The smallest absolute Gasteiger partial charge is 0.339 e. The number of hydrazone groups is 1. The molecule has 3 aromatic carbocycles. The molecular weight excluding hydrogens is 452 g/mol. The van der Waals surface area contributed by atoms with E-state index in [9.17, 15) is 13.2 Å². The Labute approximate surface area is 191 Å². The lowest BCUT2D eigenvalue weighted by Gasteiger charge is -2.13. The monoisotopic (exact) mass is 472 g/mol. The van der Waals surface area contributed by atoms with Crippen LogP contribution in [0, 0.1) is 13.8 Å². The van der Waals surface area contributed by atoms with Crippen molar-refractivity contribution in [1.29, 1.82) is 0 Å². The van der Waals surface area contributed by atoms with Gasteiger partial charge in [0.05, 0.1) is 23.9 Å². The van der Waals surface area contributed by atoms with E-state index < -0.39 is 16.0 Å². The number of carbonyl (C=O) groups excluding carboxylic acids is 1. The number of methoxy groups -OCH3 is 1. The minimum absolute atomic E-state index is 0.0330. The molecular formula is C23H21ClN2O5S. The molecule has 0 heterocycles. The van der Waals surface area contributed by atoms with Crippen LogP contribution < -0.4 is 14.3 Å². The van der Waals surface area contributed by atoms with Crippen molar-refractivity contribution in [1.82, 2.24) is 5.43 Å². The van der Waals surface area contributed by atoms with Gasteiger partial charge in [0.25, 0.3) is 5.91 Å². The summed E-state index contributed by atoms with van der Waals surface area (Å²) in [5.74, 6) is -0.232. The summed E-state index contributed by atoms with van der Waals surface area (Å²) in [5, 5.41) is 4.22. The van der Waals surface area contributed by atoms with Gasteiger partial charge in [-0.15, -0.1) is 0 Å². The molecule has 0 aliphatic rings. The van der Waals surface area contributed by atoms with Gasteiger partial charge in [0.2, 0.25) is 0 Å². The summed E-state index contributed by atoms with van der Waals surface area (Å²) in [4.78, 5) is 12.2. The molecule has 0 bridgehead atoms. The van der Waals surface area contributed by atoms with Crippen LogP contribution in [0.4, 0.5) is 0 Å². The van der Waals surface area contributed by atoms with E-state index in [1.54, 1.807) is 62.4 Å². The van der Waals surface area contributed by atoms with Crippen molar-refractivity contribution in [3.63, 3.8) is 0 Å². The van der Waals surface area contributed by atoms with E-state index in [2.05, 4.69) is 10.5 Å². The first-order chi connectivity index (χ1) is 15.2. The molecule has 7 nitrogen and oxygen atoms in total. The minimum atomic E-state index is -4.06. The van der Waals surface area contributed by atoms with Gasteiger partial charge >= 0.3 is 10.1 Å². The van der Waals surface area contributed by atoms with Crippen LogP contribution in [0.3, 0.4) is 0 Å². The Morgan fingerprint density at radius 2 is 1.78 bits per heavy atom. The highest BCUT2D eigenvalue weighted by Gasteiger charge is 2.21. The van der Waals surface area contributed by atoms with Crippen LogP contribution in [-0.4, -0.2) is 27.6 Å². The number of hydrogen-bond donors (Lipinski definition) is 1. The number of nitrogens with zero attached hydrogens (tertiary/aromatic N) is 1. The van der Waals surface area contributed by atoms with Crippen molar-refractivity contribution in [2.45, 2.75) is 18.7 Å².